The number of rotatable bonds is 7. The van der Waals surface area contributed by atoms with Crippen molar-refractivity contribution in [3.63, 3.8) is 0 Å². The van der Waals surface area contributed by atoms with Crippen LogP contribution in [0.4, 0.5) is 11.5 Å². The van der Waals surface area contributed by atoms with Crippen LogP contribution in [0.5, 0.6) is 0 Å². The van der Waals surface area contributed by atoms with Crippen LogP contribution in [-0.4, -0.2) is 22.2 Å². The van der Waals surface area contributed by atoms with E-state index in [1.807, 2.05) is 54.6 Å². The van der Waals surface area contributed by atoms with Crippen molar-refractivity contribution in [3.05, 3.63) is 71.9 Å². The Bertz CT molecular complexity index is 885. The first-order chi connectivity index (χ1) is 13.0. The van der Waals surface area contributed by atoms with Crippen molar-refractivity contribution in [1.29, 1.82) is 0 Å². The molecular formula is C21H25N5O. The zero-order valence-corrected chi connectivity index (χ0v) is 15.6. The molecule has 0 bridgehead atoms. The molecule has 1 amide bonds. The number of anilines is 2. The van der Waals surface area contributed by atoms with Gasteiger partial charge in [-0.15, -0.1) is 5.10 Å². The maximum Gasteiger partial charge on any atom is 0.256 e. The molecule has 0 atom stereocenters. The van der Waals surface area contributed by atoms with E-state index in [1.165, 1.54) is 0 Å². The Morgan fingerprint density at radius 1 is 1.11 bits per heavy atom. The van der Waals surface area contributed by atoms with Crippen molar-refractivity contribution in [2.24, 2.45) is 5.92 Å². The Kier molecular flexibility index (Phi) is 5.88. The Morgan fingerprint density at radius 3 is 2.48 bits per heavy atom. The second kappa shape index (κ2) is 8.51. The Labute approximate surface area is 159 Å². The Balaban J connectivity index is 1.64. The fourth-order valence-electron chi connectivity index (χ4n) is 2.66. The molecule has 0 saturated carbocycles. The fraction of sp³-hybridized carbons (Fsp3) is 0.238. The third-order valence-corrected chi connectivity index (χ3v) is 4.09. The summed E-state index contributed by atoms with van der Waals surface area (Å²) in [7, 11) is 0. The number of hydrogen-bond donors (Lipinski definition) is 3. The van der Waals surface area contributed by atoms with Gasteiger partial charge >= 0.3 is 0 Å². The molecule has 3 rings (SSSR count). The maximum atomic E-state index is 12.5. The second-order valence-corrected chi connectivity index (χ2v) is 6.89. The highest BCUT2D eigenvalue weighted by molar-refractivity contribution is 6.05. The lowest BCUT2D eigenvalue weighted by molar-refractivity contribution is 0.102. The first-order valence-electron chi connectivity index (χ1n) is 9.04. The highest BCUT2D eigenvalue weighted by Crippen LogP contribution is 2.19. The van der Waals surface area contributed by atoms with Crippen LogP contribution >= 0.6 is 0 Å². The van der Waals surface area contributed by atoms with E-state index in [1.54, 1.807) is 10.9 Å². The van der Waals surface area contributed by atoms with Gasteiger partial charge in [0.1, 0.15) is 0 Å². The first-order valence-corrected chi connectivity index (χ1v) is 9.04. The zero-order chi connectivity index (χ0) is 19.2. The van der Waals surface area contributed by atoms with Gasteiger partial charge in [-0.2, -0.15) is 0 Å². The summed E-state index contributed by atoms with van der Waals surface area (Å²) in [6.45, 7) is 6.09. The first kappa shape index (κ1) is 18.7. The molecule has 27 heavy (non-hydrogen) atoms. The lowest BCUT2D eigenvalue weighted by Crippen LogP contribution is -2.19. The molecule has 0 aliphatic rings. The summed E-state index contributed by atoms with van der Waals surface area (Å²) in [6.07, 6.45) is 1.69. The van der Waals surface area contributed by atoms with Gasteiger partial charge in [0, 0.05) is 12.1 Å². The molecule has 0 radical (unpaired) electrons. The minimum atomic E-state index is -0.235. The number of nitrogen functional groups attached to an aromatic ring is 1. The second-order valence-electron chi connectivity index (χ2n) is 6.89. The van der Waals surface area contributed by atoms with Gasteiger partial charge in [0.15, 0.2) is 5.82 Å². The minimum absolute atomic E-state index is 0.235. The van der Waals surface area contributed by atoms with E-state index in [9.17, 15) is 4.79 Å². The average molecular weight is 363 g/mol. The molecule has 4 N–H and O–H groups in total. The summed E-state index contributed by atoms with van der Waals surface area (Å²) in [4.78, 5) is 12.5. The maximum absolute atomic E-state index is 12.5. The Morgan fingerprint density at radius 2 is 1.81 bits per heavy atom. The van der Waals surface area contributed by atoms with Gasteiger partial charge in [-0.1, -0.05) is 44.2 Å². The van der Waals surface area contributed by atoms with Gasteiger partial charge in [0.2, 0.25) is 0 Å². The lowest BCUT2D eigenvalue weighted by Gasteiger charge is -2.08. The van der Waals surface area contributed by atoms with E-state index in [0.717, 1.165) is 24.3 Å². The van der Waals surface area contributed by atoms with Gasteiger partial charge in [0.05, 0.1) is 17.6 Å². The summed E-state index contributed by atoms with van der Waals surface area (Å²) in [5.41, 5.74) is 9.00. The van der Waals surface area contributed by atoms with E-state index in [-0.39, 0.29) is 5.91 Å². The third-order valence-electron chi connectivity index (χ3n) is 4.09. The molecule has 0 unspecified atom stereocenters. The van der Waals surface area contributed by atoms with Crippen molar-refractivity contribution in [1.82, 2.24) is 15.1 Å². The van der Waals surface area contributed by atoms with Crippen molar-refractivity contribution in [2.75, 3.05) is 17.6 Å². The quantitative estimate of drug-likeness (QED) is 0.600. The summed E-state index contributed by atoms with van der Waals surface area (Å²) in [5.74, 6) is 0.726. The number of carbonyl (C=O) groups excluding carboxylic acids is 1. The molecule has 3 aromatic rings. The van der Waals surface area contributed by atoms with Crippen LogP contribution < -0.4 is 16.4 Å². The molecule has 140 valence electrons. The number of amides is 1. The van der Waals surface area contributed by atoms with Gasteiger partial charge in [-0.3, -0.25) is 4.79 Å². The average Bonchev–Trinajstić information content (AvgIpc) is 3.03. The van der Waals surface area contributed by atoms with E-state index in [2.05, 4.69) is 29.6 Å². The number of benzene rings is 2. The van der Waals surface area contributed by atoms with Gasteiger partial charge in [0.25, 0.3) is 5.91 Å². The largest absolute Gasteiger partial charge is 0.394 e. The number of nitrogens with two attached hydrogens (primary N) is 1. The fourth-order valence-corrected chi connectivity index (χ4v) is 2.66. The van der Waals surface area contributed by atoms with Gasteiger partial charge in [-0.25, -0.2) is 4.68 Å². The van der Waals surface area contributed by atoms with Crippen LogP contribution in [0.25, 0.3) is 5.69 Å². The summed E-state index contributed by atoms with van der Waals surface area (Å²) in [6, 6.07) is 17.1. The van der Waals surface area contributed by atoms with E-state index in [4.69, 9.17) is 5.73 Å². The summed E-state index contributed by atoms with van der Waals surface area (Å²) >= 11 is 0. The molecule has 1 heterocycles. The van der Waals surface area contributed by atoms with E-state index >= 15 is 0 Å². The van der Waals surface area contributed by atoms with Crippen LogP contribution in [0.3, 0.4) is 0 Å². The number of nitrogens with zero attached hydrogens (tertiary/aromatic N) is 2. The molecule has 2 aromatic carbocycles. The highest BCUT2D eigenvalue weighted by Gasteiger charge is 2.12. The normalized spacial score (nSPS) is 10.9. The highest BCUT2D eigenvalue weighted by atomic mass is 16.1. The number of aromatic nitrogens is 2. The summed E-state index contributed by atoms with van der Waals surface area (Å²) in [5, 5.41) is 10.5. The zero-order valence-electron chi connectivity index (χ0n) is 15.6. The SMILES string of the molecule is CC(C)CNCc1ccc(C(=O)Nc2nn(-c3ccccc3)cc2N)cc1. The topological polar surface area (TPSA) is 85.0 Å². The van der Waals surface area contributed by atoms with Gasteiger partial charge in [-0.05, 0) is 42.3 Å². The molecule has 0 spiro atoms. The molecule has 1 aromatic heterocycles. The predicted molar refractivity (Wildman–Crippen MR) is 109 cm³/mol. The predicted octanol–water partition coefficient (Wildman–Crippen LogP) is 3.45. The number of nitrogens with one attached hydrogen (secondary N) is 2. The van der Waals surface area contributed by atoms with E-state index in [0.29, 0.717) is 23.0 Å². The van der Waals surface area contributed by atoms with Gasteiger partial charge < -0.3 is 16.4 Å². The molecule has 0 saturated heterocycles. The molecule has 0 aliphatic heterocycles. The Hall–Kier alpha value is -3.12. The van der Waals surface area contributed by atoms with Crippen LogP contribution in [0.1, 0.15) is 29.8 Å². The van der Waals surface area contributed by atoms with E-state index < -0.39 is 0 Å². The third kappa shape index (κ3) is 4.95. The number of carbonyl (C=O) groups is 1. The van der Waals surface area contributed by atoms with Crippen molar-refractivity contribution < 1.29 is 4.79 Å². The number of hydrogen-bond acceptors (Lipinski definition) is 4. The molecular weight excluding hydrogens is 338 g/mol. The summed E-state index contributed by atoms with van der Waals surface area (Å²) < 4.78 is 1.65. The molecule has 6 heteroatoms. The van der Waals surface area contributed by atoms with Crippen molar-refractivity contribution >= 4 is 17.4 Å². The van der Waals surface area contributed by atoms with Crippen LogP contribution in [0, 0.1) is 5.92 Å². The number of para-hydroxylation sites is 1. The molecule has 0 aliphatic carbocycles. The van der Waals surface area contributed by atoms with Crippen LogP contribution in [-0.2, 0) is 6.54 Å². The monoisotopic (exact) mass is 363 g/mol. The lowest BCUT2D eigenvalue weighted by atomic mass is 10.1. The standard InChI is InChI=1S/C21H25N5O/c1-15(2)12-23-13-16-8-10-17(11-9-16)21(27)24-20-19(22)14-26(25-20)18-6-4-3-5-7-18/h3-11,14-15,23H,12-13,22H2,1-2H3,(H,24,25,27). The van der Waals surface area contributed by atoms with Crippen LogP contribution in [0.15, 0.2) is 60.8 Å². The smallest absolute Gasteiger partial charge is 0.256 e. The van der Waals surface area contributed by atoms with Crippen molar-refractivity contribution in [2.45, 2.75) is 20.4 Å². The van der Waals surface area contributed by atoms with Crippen molar-refractivity contribution in [3.8, 4) is 5.69 Å². The molecule has 6 nitrogen and oxygen atoms in total. The van der Waals surface area contributed by atoms with Crippen LogP contribution in [0.2, 0.25) is 0 Å². The minimum Gasteiger partial charge on any atom is -0.394 e. The molecule has 0 fully saturated rings.